The molecule has 4 nitrogen and oxygen atoms in total. The number of rotatable bonds is 3. The van der Waals surface area contributed by atoms with Gasteiger partial charge in [-0.05, 0) is 45.8 Å². The molecule has 2 aliphatic rings. The van der Waals surface area contributed by atoms with Gasteiger partial charge in [-0.15, -0.1) is 0 Å². The summed E-state index contributed by atoms with van der Waals surface area (Å²) >= 11 is 0. The predicted molar refractivity (Wildman–Crippen MR) is 66.9 cm³/mol. The van der Waals surface area contributed by atoms with E-state index in [-0.39, 0.29) is 5.97 Å². The maximum atomic E-state index is 11.3. The molecule has 4 heteroatoms. The van der Waals surface area contributed by atoms with Gasteiger partial charge in [0.2, 0.25) is 0 Å². The van der Waals surface area contributed by atoms with Gasteiger partial charge in [0.05, 0.1) is 13.5 Å². The zero-order chi connectivity index (χ0) is 12.3. The summed E-state index contributed by atoms with van der Waals surface area (Å²) in [5.74, 6) is -0.0926. The molecule has 2 saturated heterocycles. The van der Waals surface area contributed by atoms with Gasteiger partial charge in [0, 0.05) is 18.6 Å². The summed E-state index contributed by atoms with van der Waals surface area (Å²) in [7, 11) is 1.47. The number of fused-ring (bicyclic) bond motifs is 1. The molecule has 2 heterocycles. The lowest BCUT2D eigenvalue weighted by molar-refractivity contribution is -0.141. The Bertz CT molecular complexity index is 270. The third kappa shape index (κ3) is 3.19. The highest BCUT2D eigenvalue weighted by atomic mass is 16.5. The number of nitrogens with zero attached hydrogens (tertiary/aromatic N) is 2. The minimum atomic E-state index is -0.0926. The van der Waals surface area contributed by atoms with Crippen molar-refractivity contribution in [3.63, 3.8) is 0 Å². The summed E-state index contributed by atoms with van der Waals surface area (Å²) in [5.41, 5.74) is 0. The van der Waals surface area contributed by atoms with Crippen LogP contribution in [0.2, 0.25) is 0 Å². The third-order valence-corrected chi connectivity index (χ3v) is 4.15. The molecule has 17 heavy (non-hydrogen) atoms. The van der Waals surface area contributed by atoms with Gasteiger partial charge in [0.25, 0.3) is 0 Å². The average molecular weight is 240 g/mol. The first-order valence-corrected chi connectivity index (χ1v) is 6.75. The summed E-state index contributed by atoms with van der Waals surface area (Å²) in [4.78, 5) is 16.4. The van der Waals surface area contributed by atoms with Crippen molar-refractivity contribution in [3.05, 3.63) is 0 Å². The molecular weight excluding hydrogens is 216 g/mol. The molecule has 0 aliphatic carbocycles. The van der Waals surface area contributed by atoms with E-state index in [0.29, 0.717) is 12.5 Å². The standard InChI is InChI=1S/C13H24N2O2/c1-11(9-13(16)17-2)15-8-4-7-14-6-3-5-12(14)10-15/h11-12H,3-10H2,1-2H3. The van der Waals surface area contributed by atoms with Crippen LogP contribution in [0.25, 0.3) is 0 Å². The lowest BCUT2D eigenvalue weighted by atomic mass is 10.1. The highest BCUT2D eigenvalue weighted by molar-refractivity contribution is 5.69. The molecule has 0 radical (unpaired) electrons. The highest BCUT2D eigenvalue weighted by Crippen LogP contribution is 2.22. The quantitative estimate of drug-likeness (QED) is 0.692. The zero-order valence-corrected chi connectivity index (χ0v) is 11.0. The summed E-state index contributed by atoms with van der Waals surface area (Å²) in [6.45, 7) is 6.88. The SMILES string of the molecule is COC(=O)CC(C)N1CCCN2CCCC2C1. The molecular formula is C13H24N2O2. The van der Waals surface area contributed by atoms with E-state index in [1.807, 2.05) is 0 Å². The van der Waals surface area contributed by atoms with E-state index in [1.165, 1.54) is 39.5 Å². The van der Waals surface area contributed by atoms with Crippen LogP contribution < -0.4 is 0 Å². The number of carbonyl (C=O) groups is 1. The van der Waals surface area contributed by atoms with Gasteiger partial charge >= 0.3 is 5.97 Å². The fourth-order valence-corrected chi connectivity index (χ4v) is 3.09. The predicted octanol–water partition coefficient (Wildman–Crippen LogP) is 1.11. The minimum Gasteiger partial charge on any atom is -0.469 e. The first kappa shape index (κ1) is 12.8. The van der Waals surface area contributed by atoms with Crippen LogP contribution in [-0.2, 0) is 9.53 Å². The summed E-state index contributed by atoms with van der Waals surface area (Å²) in [6, 6.07) is 1.03. The van der Waals surface area contributed by atoms with E-state index in [0.717, 1.165) is 19.1 Å². The van der Waals surface area contributed by atoms with Crippen LogP contribution in [0.5, 0.6) is 0 Å². The Balaban J connectivity index is 1.89. The van der Waals surface area contributed by atoms with Crippen LogP contribution in [-0.4, -0.2) is 61.1 Å². The van der Waals surface area contributed by atoms with Crippen LogP contribution in [0.15, 0.2) is 0 Å². The molecule has 0 N–H and O–H groups in total. The average Bonchev–Trinajstić information content (AvgIpc) is 2.66. The van der Waals surface area contributed by atoms with Crippen LogP contribution >= 0.6 is 0 Å². The van der Waals surface area contributed by atoms with Crippen molar-refractivity contribution in [3.8, 4) is 0 Å². The van der Waals surface area contributed by atoms with E-state index >= 15 is 0 Å². The van der Waals surface area contributed by atoms with Gasteiger partial charge in [-0.2, -0.15) is 0 Å². The normalized spacial score (nSPS) is 28.5. The third-order valence-electron chi connectivity index (χ3n) is 4.15. The van der Waals surface area contributed by atoms with Gasteiger partial charge < -0.3 is 4.74 Å². The zero-order valence-electron chi connectivity index (χ0n) is 11.0. The van der Waals surface area contributed by atoms with Crippen LogP contribution in [0.4, 0.5) is 0 Å². The van der Waals surface area contributed by atoms with Gasteiger partial charge in [0.15, 0.2) is 0 Å². The second-order valence-electron chi connectivity index (χ2n) is 5.31. The Labute approximate surface area is 104 Å². The lowest BCUT2D eigenvalue weighted by Gasteiger charge is -2.30. The molecule has 0 aromatic heterocycles. The van der Waals surface area contributed by atoms with Gasteiger partial charge in [0.1, 0.15) is 0 Å². The van der Waals surface area contributed by atoms with E-state index in [9.17, 15) is 4.79 Å². The Morgan fingerprint density at radius 2 is 2.12 bits per heavy atom. The number of ether oxygens (including phenoxy) is 1. The minimum absolute atomic E-state index is 0.0926. The first-order chi connectivity index (χ1) is 8.20. The molecule has 2 unspecified atom stereocenters. The summed E-state index contributed by atoms with van der Waals surface area (Å²) in [5, 5.41) is 0. The topological polar surface area (TPSA) is 32.8 Å². The Kier molecular flexibility index (Phi) is 4.40. The number of hydrogen-bond acceptors (Lipinski definition) is 4. The van der Waals surface area contributed by atoms with E-state index in [4.69, 9.17) is 4.74 Å². The summed E-state index contributed by atoms with van der Waals surface area (Å²) in [6.07, 6.45) is 4.40. The fourth-order valence-electron chi connectivity index (χ4n) is 3.09. The molecule has 2 fully saturated rings. The first-order valence-electron chi connectivity index (χ1n) is 6.75. The molecule has 0 aromatic carbocycles. The number of hydrogen-bond donors (Lipinski definition) is 0. The van der Waals surface area contributed by atoms with Crippen molar-refractivity contribution in [1.82, 2.24) is 9.80 Å². The largest absolute Gasteiger partial charge is 0.469 e. The molecule has 2 rings (SSSR count). The smallest absolute Gasteiger partial charge is 0.307 e. The molecule has 0 bridgehead atoms. The van der Waals surface area contributed by atoms with Gasteiger partial charge in [-0.25, -0.2) is 0 Å². The second kappa shape index (κ2) is 5.83. The van der Waals surface area contributed by atoms with Crippen LogP contribution in [0.3, 0.4) is 0 Å². The van der Waals surface area contributed by atoms with Crippen LogP contribution in [0, 0.1) is 0 Å². The molecule has 98 valence electrons. The maximum absolute atomic E-state index is 11.3. The van der Waals surface area contributed by atoms with Crippen molar-refractivity contribution in [1.29, 1.82) is 0 Å². The van der Waals surface area contributed by atoms with Crippen molar-refractivity contribution in [2.75, 3.05) is 33.3 Å². The van der Waals surface area contributed by atoms with Crippen molar-refractivity contribution < 1.29 is 9.53 Å². The molecule has 0 aromatic rings. The Morgan fingerprint density at radius 1 is 1.35 bits per heavy atom. The van der Waals surface area contributed by atoms with Crippen molar-refractivity contribution in [2.45, 2.75) is 44.7 Å². The second-order valence-corrected chi connectivity index (χ2v) is 5.31. The van der Waals surface area contributed by atoms with Crippen molar-refractivity contribution >= 4 is 5.97 Å². The van der Waals surface area contributed by atoms with Gasteiger partial charge in [-0.1, -0.05) is 0 Å². The molecule has 0 spiro atoms. The number of esters is 1. The van der Waals surface area contributed by atoms with Gasteiger partial charge in [-0.3, -0.25) is 14.6 Å². The van der Waals surface area contributed by atoms with Crippen LogP contribution in [0.1, 0.15) is 32.6 Å². The van der Waals surface area contributed by atoms with Crippen molar-refractivity contribution in [2.24, 2.45) is 0 Å². The highest BCUT2D eigenvalue weighted by Gasteiger charge is 2.30. The van der Waals surface area contributed by atoms with E-state index in [2.05, 4.69) is 16.7 Å². The summed E-state index contributed by atoms with van der Waals surface area (Å²) < 4.78 is 4.75. The van der Waals surface area contributed by atoms with E-state index < -0.39 is 0 Å². The molecule has 0 saturated carbocycles. The van der Waals surface area contributed by atoms with E-state index in [1.54, 1.807) is 0 Å². The lowest BCUT2D eigenvalue weighted by Crippen LogP contribution is -2.41. The fraction of sp³-hybridized carbons (Fsp3) is 0.923. The molecule has 0 amide bonds. The number of carbonyl (C=O) groups excluding carboxylic acids is 1. The Morgan fingerprint density at radius 3 is 2.88 bits per heavy atom. The Hall–Kier alpha value is -0.610. The maximum Gasteiger partial charge on any atom is 0.307 e. The molecule has 2 atom stereocenters. The molecule has 2 aliphatic heterocycles. The number of methoxy groups -OCH3 is 1. The monoisotopic (exact) mass is 240 g/mol.